The van der Waals surface area contributed by atoms with Gasteiger partial charge in [0, 0.05) is 5.92 Å². The van der Waals surface area contributed by atoms with E-state index in [4.69, 9.17) is 10.5 Å². The van der Waals surface area contributed by atoms with Crippen molar-refractivity contribution in [3.8, 4) is 16.9 Å². The summed E-state index contributed by atoms with van der Waals surface area (Å²) in [5, 5.41) is 9.30. The van der Waals surface area contributed by atoms with E-state index in [9.17, 15) is 9.90 Å². The van der Waals surface area contributed by atoms with E-state index in [2.05, 4.69) is 12.2 Å². The van der Waals surface area contributed by atoms with Crippen molar-refractivity contribution in [2.24, 2.45) is 5.73 Å². The van der Waals surface area contributed by atoms with Gasteiger partial charge in [0.1, 0.15) is 5.75 Å². The summed E-state index contributed by atoms with van der Waals surface area (Å²) < 4.78 is 4.92. The molecule has 0 heterocycles. The van der Waals surface area contributed by atoms with Crippen LogP contribution in [0.25, 0.3) is 11.1 Å². The Morgan fingerprint density at radius 2 is 1.59 bits per heavy atom. The highest BCUT2D eigenvalue weighted by Crippen LogP contribution is 2.36. The summed E-state index contributed by atoms with van der Waals surface area (Å²) >= 11 is 4.68. The number of ether oxygens (including phenoxy) is 1. The number of aromatic hydroxyl groups is 1. The molecule has 0 amide bonds. The summed E-state index contributed by atoms with van der Waals surface area (Å²) in [4.78, 5) is 12.3. The molecule has 27 heavy (non-hydrogen) atoms. The van der Waals surface area contributed by atoms with Gasteiger partial charge >= 0.3 is 5.97 Å². The average Bonchev–Trinajstić information content (AvgIpc) is 2.67. The molecule has 3 aromatic rings. The third-order valence-electron chi connectivity index (χ3n) is 4.30. The first-order valence-corrected chi connectivity index (χ1v) is 8.89. The molecule has 1 unspecified atom stereocenters. The third kappa shape index (κ3) is 4.71. The van der Waals surface area contributed by atoms with Crippen molar-refractivity contribution in [2.75, 3.05) is 0 Å². The first kappa shape index (κ1) is 18.6. The van der Waals surface area contributed by atoms with Gasteiger partial charge in [0.2, 0.25) is 0 Å². The summed E-state index contributed by atoms with van der Waals surface area (Å²) in [6.07, 6.45) is 0.108. The normalized spacial score (nSPS) is 11.6. The summed E-state index contributed by atoms with van der Waals surface area (Å²) in [7, 11) is 0. The van der Waals surface area contributed by atoms with Gasteiger partial charge in [-0.05, 0) is 46.6 Å². The topological polar surface area (TPSA) is 72.5 Å². The SMILES string of the molecule is NC(=S)OC(=O)CC(c1ccccc1)c1ccccc1-c1ccc(O)cc1. The molecule has 3 aromatic carbocycles. The smallest absolute Gasteiger partial charge is 0.314 e. The molecule has 136 valence electrons. The van der Waals surface area contributed by atoms with Gasteiger partial charge in [-0.25, -0.2) is 0 Å². The number of phenolic OH excluding ortho intramolecular Hbond substituents is 1. The van der Waals surface area contributed by atoms with Gasteiger partial charge in [-0.15, -0.1) is 0 Å². The van der Waals surface area contributed by atoms with E-state index in [1.807, 2.05) is 66.7 Å². The lowest BCUT2D eigenvalue weighted by Gasteiger charge is -2.21. The maximum atomic E-state index is 12.3. The second-order valence-electron chi connectivity index (χ2n) is 6.09. The minimum atomic E-state index is -0.475. The van der Waals surface area contributed by atoms with Crippen LogP contribution >= 0.6 is 12.2 Å². The zero-order chi connectivity index (χ0) is 19.2. The summed E-state index contributed by atoms with van der Waals surface area (Å²) in [6.45, 7) is 0. The molecule has 0 radical (unpaired) electrons. The number of thiocarbonyl (C=S) groups is 1. The molecule has 3 N–H and O–H groups in total. The molecule has 0 saturated heterocycles. The fraction of sp³-hybridized carbons (Fsp3) is 0.0909. The van der Waals surface area contributed by atoms with Gasteiger partial charge in [0.25, 0.3) is 5.17 Å². The third-order valence-corrected chi connectivity index (χ3v) is 4.39. The fourth-order valence-electron chi connectivity index (χ4n) is 3.12. The second kappa shape index (κ2) is 8.47. The lowest BCUT2D eigenvalue weighted by Crippen LogP contribution is -2.20. The zero-order valence-electron chi connectivity index (χ0n) is 14.5. The average molecular weight is 377 g/mol. The molecule has 3 rings (SSSR count). The number of rotatable bonds is 5. The van der Waals surface area contributed by atoms with Crippen LogP contribution in [0.15, 0.2) is 78.9 Å². The highest BCUT2D eigenvalue weighted by Gasteiger charge is 2.22. The van der Waals surface area contributed by atoms with Crippen LogP contribution in [-0.2, 0) is 9.53 Å². The lowest BCUT2D eigenvalue weighted by molar-refractivity contribution is -0.135. The number of phenols is 1. The van der Waals surface area contributed by atoms with Gasteiger partial charge in [0.15, 0.2) is 0 Å². The van der Waals surface area contributed by atoms with Crippen molar-refractivity contribution in [1.29, 1.82) is 0 Å². The number of hydrogen-bond donors (Lipinski definition) is 2. The van der Waals surface area contributed by atoms with Crippen molar-refractivity contribution in [3.63, 3.8) is 0 Å². The first-order valence-electron chi connectivity index (χ1n) is 8.48. The van der Waals surface area contributed by atoms with Crippen molar-refractivity contribution >= 4 is 23.4 Å². The quantitative estimate of drug-likeness (QED) is 0.510. The van der Waals surface area contributed by atoms with Crippen LogP contribution in [0.3, 0.4) is 0 Å². The molecule has 0 aliphatic rings. The number of hydrogen-bond acceptors (Lipinski definition) is 4. The minimum Gasteiger partial charge on any atom is -0.508 e. The Bertz CT molecular complexity index is 939. The van der Waals surface area contributed by atoms with E-state index >= 15 is 0 Å². The fourth-order valence-corrected chi connectivity index (χ4v) is 3.21. The molecule has 0 aromatic heterocycles. The van der Waals surface area contributed by atoms with Crippen LogP contribution in [-0.4, -0.2) is 16.3 Å². The Morgan fingerprint density at radius 1 is 0.963 bits per heavy atom. The highest BCUT2D eigenvalue weighted by atomic mass is 32.1. The van der Waals surface area contributed by atoms with E-state index < -0.39 is 5.97 Å². The molecule has 0 aliphatic carbocycles. The van der Waals surface area contributed by atoms with Gasteiger partial charge < -0.3 is 15.6 Å². The maximum Gasteiger partial charge on any atom is 0.314 e. The largest absolute Gasteiger partial charge is 0.508 e. The summed E-state index contributed by atoms with van der Waals surface area (Å²) in [5.74, 6) is -0.495. The van der Waals surface area contributed by atoms with Crippen LogP contribution in [0, 0.1) is 0 Å². The molecule has 4 nitrogen and oxygen atoms in total. The molecule has 0 fully saturated rings. The van der Waals surface area contributed by atoms with Crippen LogP contribution in [0.1, 0.15) is 23.5 Å². The second-order valence-corrected chi connectivity index (χ2v) is 6.50. The standard InChI is InChI=1S/C22H19NO3S/c23-22(27)26-21(25)14-20(15-6-2-1-3-7-15)19-9-5-4-8-18(19)16-10-12-17(24)13-11-16/h1-13,20,24H,14H2,(H2,23,27). The van der Waals surface area contributed by atoms with Gasteiger partial charge in [-0.2, -0.15) is 0 Å². The highest BCUT2D eigenvalue weighted by molar-refractivity contribution is 7.80. The predicted molar refractivity (Wildman–Crippen MR) is 109 cm³/mol. The number of carbonyl (C=O) groups is 1. The van der Waals surface area contributed by atoms with Crippen molar-refractivity contribution in [1.82, 2.24) is 0 Å². The number of carbonyl (C=O) groups excluding carboxylic acids is 1. The van der Waals surface area contributed by atoms with E-state index in [1.165, 1.54) is 0 Å². The van der Waals surface area contributed by atoms with Gasteiger partial charge in [0.05, 0.1) is 6.42 Å². The van der Waals surface area contributed by atoms with Crippen LogP contribution in [0.2, 0.25) is 0 Å². The Hall–Kier alpha value is -3.18. The van der Waals surface area contributed by atoms with Gasteiger partial charge in [-0.3, -0.25) is 4.79 Å². The summed E-state index contributed by atoms with van der Waals surface area (Å²) in [6, 6.07) is 24.6. The molecule has 1 atom stereocenters. The molecule has 0 saturated carbocycles. The Morgan fingerprint density at radius 3 is 2.26 bits per heavy atom. The number of benzene rings is 3. The maximum absolute atomic E-state index is 12.3. The van der Waals surface area contributed by atoms with E-state index in [0.29, 0.717) is 0 Å². The Balaban J connectivity index is 2.06. The van der Waals surface area contributed by atoms with Crippen LogP contribution in [0.4, 0.5) is 0 Å². The van der Waals surface area contributed by atoms with E-state index in [0.717, 1.165) is 22.3 Å². The molecule has 0 bridgehead atoms. The molecule has 0 spiro atoms. The lowest BCUT2D eigenvalue weighted by atomic mass is 9.84. The zero-order valence-corrected chi connectivity index (χ0v) is 15.4. The Kier molecular flexibility index (Phi) is 5.84. The van der Waals surface area contributed by atoms with Crippen molar-refractivity contribution in [2.45, 2.75) is 12.3 Å². The van der Waals surface area contributed by atoms with Crippen LogP contribution < -0.4 is 5.73 Å². The van der Waals surface area contributed by atoms with Crippen molar-refractivity contribution in [3.05, 3.63) is 90.0 Å². The minimum absolute atomic E-state index is 0.108. The van der Waals surface area contributed by atoms with Crippen LogP contribution in [0.5, 0.6) is 5.75 Å². The summed E-state index contributed by atoms with van der Waals surface area (Å²) in [5.41, 5.74) is 9.25. The molecule has 0 aliphatic heterocycles. The number of nitrogens with two attached hydrogens (primary N) is 1. The monoisotopic (exact) mass is 377 g/mol. The molecule has 5 heteroatoms. The molecular formula is C22H19NO3S. The van der Waals surface area contributed by atoms with E-state index in [-0.39, 0.29) is 23.3 Å². The predicted octanol–water partition coefficient (Wildman–Crippen LogP) is 4.37. The van der Waals surface area contributed by atoms with Gasteiger partial charge in [-0.1, -0.05) is 66.7 Å². The van der Waals surface area contributed by atoms with Crippen molar-refractivity contribution < 1.29 is 14.6 Å². The van der Waals surface area contributed by atoms with E-state index in [1.54, 1.807) is 12.1 Å². The Labute approximate surface area is 163 Å². The number of esters is 1. The first-order chi connectivity index (χ1) is 13.0. The molecular weight excluding hydrogens is 358 g/mol.